The molecule has 1 N–H and O–H groups in total. The van der Waals surface area contributed by atoms with Gasteiger partial charge in [-0.2, -0.15) is 0 Å². The van der Waals surface area contributed by atoms with Crippen LogP contribution >= 0.6 is 0 Å². The van der Waals surface area contributed by atoms with Gasteiger partial charge in [0.25, 0.3) is 0 Å². The second kappa shape index (κ2) is 10.3. The van der Waals surface area contributed by atoms with Crippen molar-refractivity contribution in [2.75, 3.05) is 24.2 Å². The molecule has 158 valence electrons. The van der Waals surface area contributed by atoms with Gasteiger partial charge in [-0.1, -0.05) is 31.2 Å². The van der Waals surface area contributed by atoms with Gasteiger partial charge in [-0.3, -0.25) is 9.10 Å². The Bertz CT molecular complexity index is 928. The van der Waals surface area contributed by atoms with Crippen molar-refractivity contribution in [3.63, 3.8) is 0 Å². The number of hydrogen-bond donors (Lipinski definition) is 1. The van der Waals surface area contributed by atoms with E-state index in [9.17, 15) is 13.2 Å². The topological polar surface area (TPSA) is 75.7 Å². The average Bonchev–Trinajstić information content (AvgIpc) is 2.68. The van der Waals surface area contributed by atoms with E-state index in [4.69, 9.17) is 4.74 Å². The molecule has 7 heteroatoms. The largest absolute Gasteiger partial charge is 0.497 e. The molecule has 2 rings (SSSR count). The molecule has 0 fully saturated rings. The summed E-state index contributed by atoms with van der Waals surface area (Å²) in [5.74, 6) is 0.518. The van der Waals surface area contributed by atoms with Crippen molar-refractivity contribution in [3.05, 3.63) is 59.7 Å². The van der Waals surface area contributed by atoms with E-state index in [1.165, 1.54) is 4.31 Å². The number of nitrogens with one attached hydrogen (secondary N) is 1. The van der Waals surface area contributed by atoms with Gasteiger partial charge in [-0.05, 0) is 61.6 Å². The summed E-state index contributed by atoms with van der Waals surface area (Å²) in [6.45, 7) is 4.18. The van der Waals surface area contributed by atoms with Crippen LogP contribution < -0.4 is 14.4 Å². The SMILES string of the molecule is CC[C@H](C(=O)NCCCc1cccc(OC)c1)N(c1cccc(C)c1)S(C)(=O)=O. The number of methoxy groups -OCH3 is 1. The number of sulfonamides is 1. The molecule has 0 spiro atoms. The number of nitrogens with zero attached hydrogens (tertiary/aromatic N) is 1. The fourth-order valence-electron chi connectivity index (χ4n) is 3.28. The molecular weight excluding hydrogens is 388 g/mol. The van der Waals surface area contributed by atoms with Gasteiger partial charge in [0.2, 0.25) is 15.9 Å². The molecule has 0 aliphatic rings. The van der Waals surface area contributed by atoms with Gasteiger partial charge in [0.15, 0.2) is 0 Å². The molecule has 1 atom stereocenters. The van der Waals surface area contributed by atoms with Crippen molar-refractivity contribution in [3.8, 4) is 5.75 Å². The first-order valence-electron chi connectivity index (χ1n) is 9.73. The van der Waals surface area contributed by atoms with Crippen molar-refractivity contribution in [1.82, 2.24) is 5.32 Å². The van der Waals surface area contributed by atoms with Crippen molar-refractivity contribution in [1.29, 1.82) is 0 Å². The predicted molar refractivity (Wildman–Crippen MR) is 117 cm³/mol. The molecule has 0 aliphatic heterocycles. The van der Waals surface area contributed by atoms with Gasteiger partial charge < -0.3 is 10.1 Å². The number of hydrogen-bond acceptors (Lipinski definition) is 4. The fraction of sp³-hybridized carbons (Fsp3) is 0.409. The zero-order chi connectivity index (χ0) is 21.4. The van der Waals surface area contributed by atoms with Crippen LogP contribution in [-0.2, 0) is 21.2 Å². The molecule has 29 heavy (non-hydrogen) atoms. The number of carbonyl (C=O) groups excluding carboxylic acids is 1. The Morgan fingerprint density at radius 2 is 1.90 bits per heavy atom. The zero-order valence-corrected chi connectivity index (χ0v) is 18.3. The lowest BCUT2D eigenvalue weighted by atomic mass is 10.1. The van der Waals surface area contributed by atoms with Crippen LogP contribution in [0.5, 0.6) is 5.75 Å². The van der Waals surface area contributed by atoms with E-state index in [1.54, 1.807) is 25.3 Å². The van der Waals surface area contributed by atoms with Gasteiger partial charge in [-0.15, -0.1) is 0 Å². The highest BCUT2D eigenvalue weighted by atomic mass is 32.2. The van der Waals surface area contributed by atoms with E-state index >= 15 is 0 Å². The zero-order valence-electron chi connectivity index (χ0n) is 17.5. The molecule has 0 heterocycles. The van der Waals surface area contributed by atoms with E-state index in [0.29, 0.717) is 18.7 Å². The smallest absolute Gasteiger partial charge is 0.243 e. The molecule has 0 saturated carbocycles. The van der Waals surface area contributed by atoms with Crippen molar-refractivity contribution >= 4 is 21.6 Å². The number of carbonyl (C=O) groups is 1. The maximum Gasteiger partial charge on any atom is 0.243 e. The van der Waals surface area contributed by atoms with Crippen LogP contribution in [0, 0.1) is 6.92 Å². The van der Waals surface area contributed by atoms with E-state index in [0.717, 1.165) is 36.0 Å². The Labute approximate surface area is 173 Å². The summed E-state index contributed by atoms with van der Waals surface area (Å²) in [6, 6.07) is 14.2. The highest BCUT2D eigenvalue weighted by molar-refractivity contribution is 7.92. The Hall–Kier alpha value is -2.54. The third-order valence-electron chi connectivity index (χ3n) is 4.66. The standard InChI is InChI=1S/C22H30N2O4S/c1-5-21(24(29(4,26)27)19-12-6-9-17(2)15-19)22(25)23-14-8-11-18-10-7-13-20(16-18)28-3/h6-7,9-10,12-13,15-16,21H,5,8,11,14H2,1-4H3,(H,23,25)/t21-/m1/s1. The average molecular weight is 419 g/mol. The van der Waals surface area contributed by atoms with Crippen LogP contribution in [0.3, 0.4) is 0 Å². The molecule has 6 nitrogen and oxygen atoms in total. The van der Waals surface area contributed by atoms with Crippen LogP contribution in [0.15, 0.2) is 48.5 Å². The molecule has 0 saturated heterocycles. The molecule has 0 radical (unpaired) electrons. The molecular formula is C22H30N2O4S. The summed E-state index contributed by atoms with van der Waals surface area (Å²) in [5, 5.41) is 2.89. The van der Waals surface area contributed by atoms with Crippen molar-refractivity contribution < 1.29 is 17.9 Å². The molecule has 1 amide bonds. The number of anilines is 1. The van der Waals surface area contributed by atoms with E-state index < -0.39 is 16.1 Å². The molecule has 0 bridgehead atoms. The first kappa shape index (κ1) is 22.7. The summed E-state index contributed by atoms with van der Waals surface area (Å²) in [5.41, 5.74) is 2.57. The van der Waals surface area contributed by atoms with Crippen molar-refractivity contribution in [2.45, 2.75) is 39.2 Å². The molecule has 0 unspecified atom stereocenters. The Morgan fingerprint density at radius 3 is 2.52 bits per heavy atom. The van der Waals surface area contributed by atoms with Crippen molar-refractivity contribution in [2.24, 2.45) is 0 Å². The summed E-state index contributed by atoms with van der Waals surface area (Å²) in [6.07, 6.45) is 3.05. The van der Waals surface area contributed by atoms with Gasteiger partial charge in [0, 0.05) is 6.54 Å². The first-order chi connectivity index (χ1) is 13.8. The maximum absolute atomic E-state index is 12.8. The minimum atomic E-state index is -3.61. The molecule has 0 aromatic heterocycles. The van der Waals surface area contributed by atoms with Gasteiger partial charge in [0.1, 0.15) is 11.8 Å². The van der Waals surface area contributed by atoms with Crippen LogP contribution in [-0.4, -0.2) is 40.3 Å². The van der Waals surface area contributed by atoms with E-state index in [1.807, 2.05) is 44.2 Å². The van der Waals surface area contributed by atoms with Gasteiger partial charge in [-0.25, -0.2) is 8.42 Å². The third kappa shape index (κ3) is 6.49. The predicted octanol–water partition coefficient (Wildman–Crippen LogP) is 3.30. The van der Waals surface area contributed by atoms with E-state index in [2.05, 4.69) is 5.32 Å². The Balaban J connectivity index is 2.03. The first-order valence-corrected chi connectivity index (χ1v) is 11.6. The lowest BCUT2D eigenvalue weighted by molar-refractivity contribution is -0.122. The Kier molecular flexibility index (Phi) is 8.08. The summed E-state index contributed by atoms with van der Waals surface area (Å²) >= 11 is 0. The normalized spacial score (nSPS) is 12.3. The number of ether oxygens (including phenoxy) is 1. The van der Waals surface area contributed by atoms with Crippen LogP contribution in [0.1, 0.15) is 30.9 Å². The molecule has 0 aliphatic carbocycles. The second-order valence-electron chi connectivity index (χ2n) is 7.07. The van der Waals surface area contributed by atoms with Crippen LogP contribution in [0.4, 0.5) is 5.69 Å². The highest BCUT2D eigenvalue weighted by Crippen LogP contribution is 2.23. The second-order valence-corrected chi connectivity index (χ2v) is 8.93. The maximum atomic E-state index is 12.8. The minimum Gasteiger partial charge on any atom is -0.497 e. The fourth-order valence-corrected chi connectivity index (χ4v) is 4.48. The van der Waals surface area contributed by atoms with Crippen LogP contribution in [0.25, 0.3) is 0 Å². The molecule has 2 aromatic carbocycles. The van der Waals surface area contributed by atoms with Crippen LogP contribution in [0.2, 0.25) is 0 Å². The third-order valence-corrected chi connectivity index (χ3v) is 5.84. The number of rotatable bonds is 10. The highest BCUT2D eigenvalue weighted by Gasteiger charge is 2.31. The molecule has 2 aromatic rings. The summed E-state index contributed by atoms with van der Waals surface area (Å²) < 4.78 is 31.4. The number of benzene rings is 2. The van der Waals surface area contributed by atoms with Gasteiger partial charge >= 0.3 is 0 Å². The summed E-state index contributed by atoms with van der Waals surface area (Å²) in [7, 11) is -1.98. The number of amides is 1. The van der Waals surface area contributed by atoms with E-state index in [-0.39, 0.29) is 5.91 Å². The summed E-state index contributed by atoms with van der Waals surface area (Å²) in [4.78, 5) is 12.8. The number of aryl methyl sites for hydroxylation is 2. The minimum absolute atomic E-state index is 0.287. The van der Waals surface area contributed by atoms with Gasteiger partial charge in [0.05, 0.1) is 19.1 Å². The lowest BCUT2D eigenvalue weighted by Crippen LogP contribution is -2.49. The Morgan fingerprint density at radius 1 is 1.17 bits per heavy atom. The lowest BCUT2D eigenvalue weighted by Gasteiger charge is -2.30. The quantitative estimate of drug-likeness (QED) is 0.601. The monoisotopic (exact) mass is 418 g/mol.